The Morgan fingerprint density at radius 3 is 2.90 bits per heavy atom. The van der Waals surface area contributed by atoms with Crippen LogP contribution in [0.4, 0.5) is 11.4 Å². The van der Waals surface area contributed by atoms with Crippen LogP contribution in [0.1, 0.15) is 0 Å². The van der Waals surface area contributed by atoms with Crippen molar-refractivity contribution in [1.29, 1.82) is 0 Å². The molecule has 0 saturated heterocycles. The molecule has 10 heteroatoms. The van der Waals surface area contributed by atoms with E-state index in [4.69, 9.17) is 16.3 Å². The number of aromatic amines is 1. The maximum Gasteiger partial charge on any atom is 0.278 e. The summed E-state index contributed by atoms with van der Waals surface area (Å²) in [7, 11) is -3.83. The number of halogens is 1. The van der Waals surface area contributed by atoms with Gasteiger partial charge in [-0.1, -0.05) is 11.6 Å². The highest BCUT2D eigenvalue weighted by molar-refractivity contribution is 7.92. The molecule has 0 spiro atoms. The monoisotopic (exact) mass is 328 g/mol. The number of sulfonamides is 1. The highest BCUT2D eigenvalue weighted by Crippen LogP contribution is 2.37. The van der Waals surface area contributed by atoms with Crippen LogP contribution in [0.15, 0.2) is 29.4 Å². The minimum absolute atomic E-state index is 0.0921. The third-order valence-electron chi connectivity index (χ3n) is 2.71. The first-order valence-electron chi connectivity index (χ1n) is 5.74. The Morgan fingerprint density at radius 2 is 2.19 bits per heavy atom. The zero-order valence-corrected chi connectivity index (χ0v) is 12.0. The maximum atomic E-state index is 12.1. The summed E-state index contributed by atoms with van der Waals surface area (Å²) in [6.45, 7) is -0.138. The maximum absolute atomic E-state index is 12.1. The first-order chi connectivity index (χ1) is 9.95. The summed E-state index contributed by atoms with van der Waals surface area (Å²) in [5, 5.41) is 8.55. The van der Waals surface area contributed by atoms with Gasteiger partial charge in [-0.25, -0.2) is 0 Å². The molecule has 0 saturated carbocycles. The van der Waals surface area contributed by atoms with Crippen LogP contribution in [0.5, 0.6) is 5.75 Å². The number of carbonyl (C=O) groups excluding carboxylic acids is 1. The average molecular weight is 329 g/mol. The molecule has 0 atom stereocenters. The largest absolute Gasteiger partial charge is 0.482 e. The summed E-state index contributed by atoms with van der Waals surface area (Å²) in [5.41, 5.74) is 0.530. The topological polar surface area (TPSA) is 113 Å². The molecule has 21 heavy (non-hydrogen) atoms. The van der Waals surface area contributed by atoms with Gasteiger partial charge in [-0.15, -0.1) is 0 Å². The molecule has 1 amide bonds. The first kappa shape index (κ1) is 13.7. The molecular formula is C11H9ClN4O4S. The Morgan fingerprint density at radius 1 is 1.38 bits per heavy atom. The molecule has 0 aliphatic carbocycles. The minimum Gasteiger partial charge on any atom is -0.482 e. The molecule has 0 unspecified atom stereocenters. The van der Waals surface area contributed by atoms with Crippen molar-refractivity contribution in [3.05, 3.63) is 29.4 Å². The van der Waals surface area contributed by atoms with E-state index in [0.717, 1.165) is 0 Å². The molecule has 3 rings (SSSR count). The molecule has 0 bridgehead atoms. The second kappa shape index (κ2) is 4.93. The molecule has 1 aromatic carbocycles. The van der Waals surface area contributed by atoms with Gasteiger partial charge in [0.2, 0.25) is 0 Å². The molecule has 3 N–H and O–H groups in total. The number of nitrogens with zero attached hydrogens (tertiary/aromatic N) is 1. The number of hydrogen-bond donors (Lipinski definition) is 3. The van der Waals surface area contributed by atoms with Gasteiger partial charge in [-0.2, -0.15) is 13.5 Å². The van der Waals surface area contributed by atoms with Crippen molar-refractivity contribution >= 4 is 38.9 Å². The standard InChI is InChI=1S/C11H9ClN4O4S/c12-6-3-8-9(20-5-10(17)14-8)4-7(6)16-21(18,19)11-1-2-13-15-11/h1-4,16H,5H2,(H,13,15)(H,14,17). The number of anilines is 2. The van der Waals surface area contributed by atoms with Gasteiger partial charge in [0.15, 0.2) is 11.6 Å². The normalized spacial score (nSPS) is 14.0. The van der Waals surface area contributed by atoms with E-state index in [0.29, 0.717) is 11.4 Å². The number of amides is 1. The molecule has 2 heterocycles. The minimum atomic E-state index is -3.83. The van der Waals surface area contributed by atoms with Gasteiger partial charge < -0.3 is 10.1 Å². The summed E-state index contributed by atoms with van der Waals surface area (Å²) >= 11 is 6.02. The summed E-state index contributed by atoms with van der Waals surface area (Å²) in [6.07, 6.45) is 1.32. The number of benzene rings is 1. The quantitative estimate of drug-likeness (QED) is 0.783. The van der Waals surface area contributed by atoms with Crippen LogP contribution in [0.3, 0.4) is 0 Å². The Balaban J connectivity index is 1.95. The van der Waals surface area contributed by atoms with Crippen LogP contribution in [-0.2, 0) is 14.8 Å². The lowest BCUT2D eigenvalue weighted by Gasteiger charge is -2.19. The molecule has 8 nitrogen and oxygen atoms in total. The SMILES string of the molecule is O=C1COc2cc(NS(=O)(=O)c3ccn[nH]3)c(Cl)cc2N1. The van der Waals surface area contributed by atoms with Crippen LogP contribution in [0.25, 0.3) is 0 Å². The summed E-state index contributed by atoms with van der Waals surface area (Å²) < 4.78 is 31.7. The lowest BCUT2D eigenvalue weighted by molar-refractivity contribution is -0.118. The highest BCUT2D eigenvalue weighted by atomic mass is 35.5. The second-order valence-electron chi connectivity index (χ2n) is 4.19. The number of nitrogens with one attached hydrogen (secondary N) is 3. The van der Waals surface area contributed by atoms with Gasteiger partial charge in [0.25, 0.3) is 15.9 Å². The van der Waals surface area contributed by atoms with Crippen molar-refractivity contribution in [3.8, 4) is 5.75 Å². The smallest absolute Gasteiger partial charge is 0.278 e. The average Bonchev–Trinajstić information content (AvgIpc) is 2.94. The van der Waals surface area contributed by atoms with Gasteiger partial charge >= 0.3 is 0 Å². The first-order valence-corrected chi connectivity index (χ1v) is 7.60. The summed E-state index contributed by atoms with van der Waals surface area (Å²) in [6, 6.07) is 4.13. The number of hydrogen-bond acceptors (Lipinski definition) is 5. The van der Waals surface area contributed by atoms with Crippen molar-refractivity contribution in [3.63, 3.8) is 0 Å². The van der Waals surface area contributed by atoms with Crippen LogP contribution in [-0.4, -0.2) is 31.1 Å². The van der Waals surface area contributed by atoms with E-state index in [-0.39, 0.29) is 28.3 Å². The molecule has 1 aliphatic heterocycles. The fourth-order valence-corrected chi connectivity index (χ4v) is 3.02. The van der Waals surface area contributed by atoms with Gasteiger partial charge in [0, 0.05) is 6.07 Å². The molecule has 2 aromatic rings. The van der Waals surface area contributed by atoms with E-state index in [1.165, 1.54) is 24.4 Å². The molecule has 110 valence electrons. The summed E-state index contributed by atoms with van der Waals surface area (Å²) in [4.78, 5) is 11.2. The van der Waals surface area contributed by atoms with E-state index in [1.54, 1.807) is 0 Å². The number of carbonyl (C=O) groups is 1. The third-order valence-corrected chi connectivity index (χ3v) is 4.32. The summed E-state index contributed by atoms with van der Waals surface area (Å²) in [5.74, 6) is 0.0330. The fourth-order valence-electron chi connectivity index (χ4n) is 1.77. The van der Waals surface area contributed by atoms with Crippen LogP contribution in [0.2, 0.25) is 5.02 Å². The lowest BCUT2D eigenvalue weighted by atomic mass is 10.2. The van der Waals surface area contributed by atoms with Crippen LogP contribution >= 0.6 is 11.6 Å². The van der Waals surface area contributed by atoms with Crippen molar-refractivity contribution in [1.82, 2.24) is 10.2 Å². The zero-order valence-electron chi connectivity index (χ0n) is 10.4. The zero-order chi connectivity index (χ0) is 15.0. The number of fused-ring (bicyclic) bond motifs is 1. The lowest BCUT2D eigenvalue weighted by Crippen LogP contribution is -2.25. The predicted molar refractivity (Wildman–Crippen MR) is 75.0 cm³/mol. The van der Waals surface area contributed by atoms with E-state index < -0.39 is 10.0 Å². The van der Waals surface area contributed by atoms with Gasteiger partial charge in [-0.05, 0) is 12.1 Å². The second-order valence-corrected chi connectivity index (χ2v) is 6.25. The van der Waals surface area contributed by atoms with Crippen LogP contribution < -0.4 is 14.8 Å². The Bertz CT molecular complexity index is 804. The Hall–Kier alpha value is -2.26. The number of rotatable bonds is 3. The Kier molecular flexibility index (Phi) is 3.22. The Labute approximate surface area is 124 Å². The third kappa shape index (κ3) is 2.65. The van der Waals surface area contributed by atoms with E-state index in [9.17, 15) is 13.2 Å². The van der Waals surface area contributed by atoms with Crippen molar-refractivity contribution < 1.29 is 17.9 Å². The predicted octanol–water partition coefficient (Wildman–Crippen LogP) is 1.19. The van der Waals surface area contributed by atoms with Gasteiger partial charge in [0.1, 0.15) is 5.75 Å². The van der Waals surface area contributed by atoms with Gasteiger partial charge in [0.05, 0.1) is 22.6 Å². The number of H-pyrrole nitrogens is 1. The molecular weight excluding hydrogens is 320 g/mol. The molecule has 1 aromatic heterocycles. The van der Waals surface area contributed by atoms with E-state index in [2.05, 4.69) is 20.2 Å². The fraction of sp³-hybridized carbons (Fsp3) is 0.0909. The number of aromatic nitrogens is 2. The van der Waals surface area contributed by atoms with Crippen molar-refractivity contribution in [2.24, 2.45) is 0 Å². The molecule has 1 aliphatic rings. The van der Waals surface area contributed by atoms with Crippen molar-refractivity contribution in [2.45, 2.75) is 5.03 Å². The van der Waals surface area contributed by atoms with E-state index >= 15 is 0 Å². The number of ether oxygens (including phenoxy) is 1. The van der Waals surface area contributed by atoms with Crippen LogP contribution in [0, 0.1) is 0 Å². The molecule has 0 fully saturated rings. The van der Waals surface area contributed by atoms with Crippen molar-refractivity contribution in [2.75, 3.05) is 16.6 Å². The van der Waals surface area contributed by atoms with Gasteiger partial charge in [-0.3, -0.25) is 14.6 Å². The molecule has 0 radical (unpaired) electrons. The van der Waals surface area contributed by atoms with E-state index in [1.807, 2.05) is 0 Å². The highest BCUT2D eigenvalue weighted by Gasteiger charge is 2.22.